The maximum absolute atomic E-state index is 12.9. The van der Waals surface area contributed by atoms with E-state index in [1.807, 2.05) is 13.0 Å². The molecule has 0 saturated carbocycles. The van der Waals surface area contributed by atoms with Gasteiger partial charge in [0.1, 0.15) is 5.75 Å². The summed E-state index contributed by atoms with van der Waals surface area (Å²) in [5, 5.41) is 1.27. The van der Waals surface area contributed by atoms with Crippen LogP contribution in [-0.2, 0) is 16.4 Å². The molecular weight excluding hydrogens is 372 g/mol. The molecule has 0 amide bonds. The molecule has 1 aliphatic rings. The minimum atomic E-state index is -3.44. The van der Waals surface area contributed by atoms with Gasteiger partial charge >= 0.3 is 0 Å². The Bertz CT molecular complexity index is 1030. The van der Waals surface area contributed by atoms with Gasteiger partial charge in [-0.15, -0.1) is 0 Å². The van der Waals surface area contributed by atoms with Crippen molar-refractivity contribution in [2.45, 2.75) is 31.1 Å². The van der Waals surface area contributed by atoms with Crippen LogP contribution in [0.1, 0.15) is 25.3 Å². The molecule has 6 heteroatoms. The van der Waals surface area contributed by atoms with Gasteiger partial charge < -0.3 is 9.72 Å². The van der Waals surface area contributed by atoms with Gasteiger partial charge in [-0.1, -0.05) is 18.2 Å². The molecule has 5 nitrogen and oxygen atoms in total. The quantitative estimate of drug-likeness (QED) is 0.677. The molecule has 1 saturated heterocycles. The van der Waals surface area contributed by atoms with E-state index in [0.717, 1.165) is 24.8 Å². The third kappa shape index (κ3) is 3.80. The monoisotopic (exact) mass is 398 g/mol. The number of sulfonamides is 1. The van der Waals surface area contributed by atoms with E-state index in [9.17, 15) is 8.42 Å². The van der Waals surface area contributed by atoms with Gasteiger partial charge in [0.2, 0.25) is 10.0 Å². The zero-order chi connectivity index (χ0) is 19.6. The Hall–Kier alpha value is -2.31. The highest BCUT2D eigenvalue weighted by atomic mass is 32.2. The number of hydrogen-bond donors (Lipinski definition) is 1. The minimum absolute atomic E-state index is 0.339. The SMILES string of the molecule is CCOc1ccc(S(=O)(=O)N2CCC(Cc3c[nH]c4ccccc34)CC2)cc1. The van der Waals surface area contributed by atoms with Crippen molar-refractivity contribution in [3.8, 4) is 5.75 Å². The molecule has 2 heterocycles. The molecule has 3 aromatic rings. The molecule has 1 fully saturated rings. The lowest BCUT2D eigenvalue weighted by atomic mass is 9.91. The first kappa shape index (κ1) is 19.0. The Kier molecular flexibility index (Phi) is 5.42. The smallest absolute Gasteiger partial charge is 0.243 e. The van der Waals surface area contributed by atoms with Crippen molar-refractivity contribution in [3.05, 3.63) is 60.3 Å². The molecule has 1 aromatic heterocycles. The molecule has 2 aromatic carbocycles. The van der Waals surface area contributed by atoms with Crippen LogP contribution in [-0.4, -0.2) is 37.4 Å². The number of aromatic nitrogens is 1. The molecule has 0 spiro atoms. The second kappa shape index (κ2) is 7.97. The average Bonchev–Trinajstić information content (AvgIpc) is 3.12. The highest BCUT2D eigenvalue weighted by Gasteiger charge is 2.29. The van der Waals surface area contributed by atoms with Crippen molar-refractivity contribution in [1.29, 1.82) is 0 Å². The molecule has 28 heavy (non-hydrogen) atoms. The molecule has 0 aliphatic carbocycles. The maximum Gasteiger partial charge on any atom is 0.243 e. The van der Waals surface area contributed by atoms with Gasteiger partial charge in [0.25, 0.3) is 0 Å². The molecule has 148 valence electrons. The van der Waals surface area contributed by atoms with Crippen LogP contribution in [0.2, 0.25) is 0 Å². The summed E-state index contributed by atoms with van der Waals surface area (Å²) >= 11 is 0. The number of rotatable bonds is 6. The lowest BCUT2D eigenvalue weighted by molar-refractivity contribution is 0.273. The van der Waals surface area contributed by atoms with E-state index in [1.165, 1.54) is 10.9 Å². The third-order valence-corrected chi connectivity index (χ3v) is 7.44. The van der Waals surface area contributed by atoms with Crippen LogP contribution < -0.4 is 4.74 Å². The van der Waals surface area contributed by atoms with Crippen LogP contribution in [0.5, 0.6) is 5.75 Å². The van der Waals surface area contributed by atoms with Gasteiger partial charge in [-0.25, -0.2) is 8.42 Å². The minimum Gasteiger partial charge on any atom is -0.494 e. The summed E-state index contributed by atoms with van der Waals surface area (Å²) in [4.78, 5) is 3.67. The Balaban J connectivity index is 1.40. The lowest BCUT2D eigenvalue weighted by Crippen LogP contribution is -2.38. The van der Waals surface area contributed by atoms with Crippen LogP contribution in [0.3, 0.4) is 0 Å². The van der Waals surface area contributed by atoms with Crippen LogP contribution >= 0.6 is 0 Å². The second-order valence-corrected chi connectivity index (χ2v) is 9.25. The van der Waals surface area contributed by atoms with Crippen molar-refractivity contribution in [3.63, 3.8) is 0 Å². The van der Waals surface area contributed by atoms with E-state index < -0.39 is 10.0 Å². The molecule has 0 radical (unpaired) electrons. The second-order valence-electron chi connectivity index (χ2n) is 7.32. The standard InChI is InChI=1S/C22H26N2O3S/c1-2-27-19-7-9-20(10-8-19)28(25,26)24-13-11-17(12-14-24)15-18-16-23-22-6-4-3-5-21(18)22/h3-10,16-17,23H,2,11-15H2,1H3. The van der Waals surface area contributed by atoms with Crippen LogP contribution in [0.15, 0.2) is 59.6 Å². The van der Waals surface area contributed by atoms with Crippen molar-refractivity contribution >= 4 is 20.9 Å². The summed E-state index contributed by atoms with van der Waals surface area (Å²) in [5.41, 5.74) is 2.48. The molecule has 0 atom stereocenters. The normalized spacial score (nSPS) is 16.5. The summed E-state index contributed by atoms with van der Waals surface area (Å²) < 4.78 is 32.9. The van der Waals surface area contributed by atoms with E-state index in [2.05, 4.69) is 29.4 Å². The molecule has 1 aliphatic heterocycles. The summed E-state index contributed by atoms with van der Waals surface area (Å²) in [6.45, 7) is 3.62. The molecule has 4 rings (SSSR count). The van der Waals surface area contributed by atoms with Crippen LogP contribution in [0.4, 0.5) is 0 Å². The van der Waals surface area contributed by atoms with Gasteiger partial charge in [0, 0.05) is 30.2 Å². The fraction of sp³-hybridized carbons (Fsp3) is 0.364. The van der Waals surface area contributed by atoms with Gasteiger partial charge in [-0.05, 0) is 68.0 Å². The first-order valence-corrected chi connectivity index (χ1v) is 11.3. The van der Waals surface area contributed by atoms with Gasteiger partial charge in [0.05, 0.1) is 11.5 Å². The van der Waals surface area contributed by atoms with E-state index in [4.69, 9.17) is 4.74 Å². The van der Waals surface area contributed by atoms with Crippen molar-refractivity contribution in [2.75, 3.05) is 19.7 Å². The highest BCUT2D eigenvalue weighted by Crippen LogP contribution is 2.29. The van der Waals surface area contributed by atoms with Gasteiger partial charge in [-0.2, -0.15) is 4.31 Å². The van der Waals surface area contributed by atoms with Crippen molar-refractivity contribution in [1.82, 2.24) is 9.29 Å². The van der Waals surface area contributed by atoms with E-state index in [1.54, 1.807) is 28.6 Å². The van der Waals surface area contributed by atoms with E-state index in [0.29, 0.717) is 36.3 Å². The number of ether oxygens (including phenoxy) is 1. The molecule has 0 bridgehead atoms. The number of nitrogens with zero attached hydrogens (tertiary/aromatic N) is 1. The number of H-pyrrole nitrogens is 1. The lowest BCUT2D eigenvalue weighted by Gasteiger charge is -2.31. The highest BCUT2D eigenvalue weighted by molar-refractivity contribution is 7.89. The fourth-order valence-corrected chi connectivity index (χ4v) is 5.46. The van der Waals surface area contributed by atoms with Gasteiger partial charge in [0.15, 0.2) is 0 Å². The summed E-state index contributed by atoms with van der Waals surface area (Å²) in [6.07, 6.45) is 4.85. The number of para-hydroxylation sites is 1. The van der Waals surface area contributed by atoms with E-state index in [-0.39, 0.29) is 0 Å². The topological polar surface area (TPSA) is 62.4 Å². The first-order valence-electron chi connectivity index (χ1n) is 9.86. The molecule has 1 N–H and O–H groups in total. The average molecular weight is 399 g/mol. The molecule has 0 unspecified atom stereocenters. The summed E-state index contributed by atoms with van der Waals surface area (Å²) in [6, 6.07) is 15.0. The number of nitrogens with one attached hydrogen (secondary N) is 1. The largest absolute Gasteiger partial charge is 0.494 e. The number of benzene rings is 2. The predicted octanol–water partition coefficient (Wildman–Crippen LogP) is 4.21. The Labute approximate surface area is 166 Å². The number of fused-ring (bicyclic) bond motifs is 1. The maximum atomic E-state index is 12.9. The van der Waals surface area contributed by atoms with E-state index >= 15 is 0 Å². The van der Waals surface area contributed by atoms with Crippen LogP contribution in [0, 0.1) is 5.92 Å². The fourth-order valence-electron chi connectivity index (χ4n) is 3.99. The zero-order valence-electron chi connectivity index (χ0n) is 16.1. The first-order chi connectivity index (χ1) is 13.6. The summed E-state index contributed by atoms with van der Waals surface area (Å²) in [5.74, 6) is 1.20. The summed E-state index contributed by atoms with van der Waals surface area (Å²) in [7, 11) is -3.44. The van der Waals surface area contributed by atoms with Crippen LogP contribution in [0.25, 0.3) is 10.9 Å². The third-order valence-electron chi connectivity index (χ3n) is 5.53. The number of hydrogen-bond acceptors (Lipinski definition) is 3. The van der Waals surface area contributed by atoms with Gasteiger partial charge in [-0.3, -0.25) is 0 Å². The number of aromatic amines is 1. The Morgan fingerprint density at radius 2 is 1.79 bits per heavy atom. The van der Waals surface area contributed by atoms with Crippen molar-refractivity contribution < 1.29 is 13.2 Å². The number of piperidine rings is 1. The predicted molar refractivity (Wildman–Crippen MR) is 111 cm³/mol. The Morgan fingerprint density at radius 3 is 2.50 bits per heavy atom. The Morgan fingerprint density at radius 1 is 1.07 bits per heavy atom. The molecular formula is C22H26N2O3S. The van der Waals surface area contributed by atoms with Crippen molar-refractivity contribution in [2.24, 2.45) is 5.92 Å². The zero-order valence-corrected chi connectivity index (χ0v) is 16.9.